The summed E-state index contributed by atoms with van der Waals surface area (Å²) in [5.41, 5.74) is 0.882. The summed E-state index contributed by atoms with van der Waals surface area (Å²) in [6.07, 6.45) is 4.01. The first-order chi connectivity index (χ1) is 8.27. The highest BCUT2D eigenvalue weighted by Gasteiger charge is 2.40. The van der Waals surface area contributed by atoms with E-state index in [2.05, 4.69) is 0 Å². The topological polar surface area (TPSA) is 17.1 Å². The van der Waals surface area contributed by atoms with E-state index in [0.717, 1.165) is 22.5 Å². The summed E-state index contributed by atoms with van der Waals surface area (Å²) in [5.74, 6) is 1.28. The molecule has 3 saturated heterocycles. The summed E-state index contributed by atoms with van der Waals surface area (Å²) in [4.78, 5) is 12.3. The molecular weight excluding hydrogens is 290 g/mol. The molecule has 0 spiro atoms. The van der Waals surface area contributed by atoms with Crippen LogP contribution in [0.1, 0.15) is 29.6 Å². The second-order valence-corrected chi connectivity index (χ2v) is 5.69. The number of hydrogen-bond acceptors (Lipinski definition) is 1. The fraction of sp³-hybridized carbons (Fsp3) is 0.533. The number of carbonyl (C=O) groups is 1. The highest BCUT2D eigenvalue weighted by Crippen LogP contribution is 2.33. The summed E-state index contributed by atoms with van der Waals surface area (Å²) in [6.45, 7) is 4.40. The zero-order valence-corrected chi connectivity index (χ0v) is 12.2. The van der Waals surface area contributed by atoms with Gasteiger partial charge in [-0.05, 0) is 25.2 Å². The van der Waals surface area contributed by atoms with Crippen LogP contribution in [-0.4, -0.2) is 36.4 Å². The molecule has 0 radical (unpaired) electrons. The van der Waals surface area contributed by atoms with Gasteiger partial charge >= 0.3 is 0 Å². The van der Waals surface area contributed by atoms with Gasteiger partial charge in [-0.15, -0.1) is 0 Å². The molecule has 0 saturated carbocycles. The summed E-state index contributed by atoms with van der Waals surface area (Å²) in [6, 6.07) is 9.76. The van der Waals surface area contributed by atoms with Gasteiger partial charge in [0.2, 0.25) is 5.78 Å². The predicted molar refractivity (Wildman–Crippen MR) is 67.8 cm³/mol. The van der Waals surface area contributed by atoms with Crippen LogP contribution in [0.2, 0.25) is 0 Å². The van der Waals surface area contributed by atoms with E-state index < -0.39 is 0 Å². The van der Waals surface area contributed by atoms with Crippen LogP contribution < -0.4 is 17.0 Å². The van der Waals surface area contributed by atoms with Crippen LogP contribution in [0.25, 0.3) is 0 Å². The molecule has 4 rings (SSSR count). The van der Waals surface area contributed by atoms with Crippen molar-refractivity contribution in [1.82, 2.24) is 0 Å². The molecule has 98 valence electrons. The Balaban J connectivity index is 0.00000120. The molecule has 3 aliphatic heterocycles. The van der Waals surface area contributed by atoms with Gasteiger partial charge in [-0.25, -0.2) is 0 Å². The monoisotopic (exact) mass is 309 g/mol. The van der Waals surface area contributed by atoms with Crippen molar-refractivity contribution in [2.45, 2.75) is 19.3 Å². The van der Waals surface area contributed by atoms with Crippen molar-refractivity contribution >= 4 is 5.78 Å². The number of ketones is 1. The Labute approximate surface area is 119 Å². The van der Waals surface area contributed by atoms with E-state index in [1.165, 1.54) is 38.9 Å². The van der Waals surface area contributed by atoms with Crippen molar-refractivity contribution in [3.63, 3.8) is 0 Å². The molecule has 2 nitrogen and oxygen atoms in total. The number of halogens is 1. The smallest absolute Gasteiger partial charge is 0.216 e. The van der Waals surface area contributed by atoms with Gasteiger partial charge < -0.3 is 21.5 Å². The molecular formula is C15H20BrNO. The summed E-state index contributed by atoms with van der Waals surface area (Å²) >= 11 is 0. The first kappa shape index (κ1) is 13.8. The van der Waals surface area contributed by atoms with Crippen LogP contribution in [0.15, 0.2) is 30.3 Å². The van der Waals surface area contributed by atoms with Crippen molar-refractivity contribution in [3.05, 3.63) is 35.9 Å². The van der Waals surface area contributed by atoms with Crippen molar-refractivity contribution < 1.29 is 26.3 Å². The van der Waals surface area contributed by atoms with E-state index in [1.54, 1.807) is 0 Å². The van der Waals surface area contributed by atoms with E-state index in [9.17, 15) is 4.79 Å². The van der Waals surface area contributed by atoms with Gasteiger partial charge in [-0.1, -0.05) is 30.3 Å². The number of carbonyl (C=O) groups excluding carboxylic acids is 1. The number of fused-ring (bicyclic) bond motifs is 3. The molecule has 18 heavy (non-hydrogen) atoms. The molecule has 1 aromatic carbocycles. The molecule has 3 heteroatoms. The fourth-order valence-electron chi connectivity index (χ4n) is 3.39. The highest BCUT2D eigenvalue weighted by molar-refractivity contribution is 5.96. The minimum Gasteiger partial charge on any atom is -1.00 e. The van der Waals surface area contributed by atoms with E-state index in [1.807, 2.05) is 30.3 Å². The lowest BCUT2D eigenvalue weighted by atomic mass is 9.85. The molecule has 0 N–H and O–H groups in total. The van der Waals surface area contributed by atoms with Crippen LogP contribution in [0, 0.1) is 5.92 Å². The highest BCUT2D eigenvalue weighted by atomic mass is 79.9. The maximum atomic E-state index is 12.3. The summed E-state index contributed by atoms with van der Waals surface area (Å²) < 4.78 is 1.06. The van der Waals surface area contributed by atoms with E-state index >= 15 is 0 Å². The second-order valence-electron chi connectivity index (χ2n) is 5.69. The molecule has 3 fully saturated rings. The Hall–Kier alpha value is -0.670. The van der Waals surface area contributed by atoms with Crippen LogP contribution in [0.3, 0.4) is 0 Å². The number of nitrogens with zero attached hydrogens (tertiary/aromatic N) is 1. The third kappa shape index (κ3) is 2.67. The van der Waals surface area contributed by atoms with E-state index in [0.29, 0.717) is 5.78 Å². The quantitative estimate of drug-likeness (QED) is 0.544. The number of piperidine rings is 3. The number of hydrogen-bond donors (Lipinski definition) is 0. The van der Waals surface area contributed by atoms with Crippen LogP contribution in [0.4, 0.5) is 0 Å². The minimum atomic E-state index is 0. The van der Waals surface area contributed by atoms with Crippen molar-refractivity contribution in [1.29, 1.82) is 0 Å². The normalized spacial score (nSPS) is 29.7. The Morgan fingerprint density at radius 1 is 1.06 bits per heavy atom. The number of benzene rings is 1. The zero-order valence-electron chi connectivity index (χ0n) is 10.6. The number of Topliss-reactive ketones (excluding diaryl/α,β-unsaturated/α-hetero) is 1. The molecule has 0 atom stereocenters. The SMILES string of the molecule is O=C(C[N+]12CCC(CC1)CC2)c1ccccc1.[Br-]. The Morgan fingerprint density at radius 3 is 2.17 bits per heavy atom. The van der Waals surface area contributed by atoms with E-state index in [4.69, 9.17) is 0 Å². The average molecular weight is 310 g/mol. The average Bonchev–Trinajstić information content (AvgIpc) is 2.41. The van der Waals surface area contributed by atoms with Gasteiger partial charge in [-0.3, -0.25) is 4.79 Å². The molecule has 0 unspecified atom stereocenters. The van der Waals surface area contributed by atoms with Crippen LogP contribution in [0.5, 0.6) is 0 Å². The lowest BCUT2D eigenvalue weighted by Gasteiger charge is -2.48. The Kier molecular flexibility index (Phi) is 4.23. The Bertz CT molecular complexity index is 396. The maximum absolute atomic E-state index is 12.3. The second kappa shape index (κ2) is 5.54. The van der Waals surface area contributed by atoms with Gasteiger partial charge in [0.25, 0.3) is 0 Å². The molecule has 3 heterocycles. The maximum Gasteiger partial charge on any atom is 0.216 e. The van der Waals surface area contributed by atoms with Gasteiger partial charge in [0.05, 0.1) is 19.6 Å². The molecule has 3 aliphatic rings. The minimum absolute atomic E-state index is 0. The first-order valence-electron chi connectivity index (χ1n) is 6.71. The van der Waals surface area contributed by atoms with Crippen molar-refractivity contribution in [2.24, 2.45) is 5.92 Å². The van der Waals surface area contributed by atoms with Crippen LogP contribution >= 0.6 is 0 Å². The van der Waals surface area contributed by atoms with Crippen molar-refractivity contribution in [2.75, 3.05) is 26.2 Å². The molecule has 0 amide bonds. The van der Waals surface area contributed by atoms with Crippen molar-refractivity contribution in [3.8, 4) is 0 Å². The fourth-order valence-corrected chi connectivity index (χ4v) is 3.39. The molecule has 2 bridgehead atoms. The molecule has 0 aliphatic carbocycles. The largest absolute Gasteiger partial charge is 1.00 e. The Morgan fingerprint density at radius 2 is 1.61 bits per heavy atom. The van der Waals surface area contributed by atoms with Gasteiger partial charge in [0.1, 0.15) is 6.54 Å². The predicted octanol–water partition coefficient (Wildman–Crippen LogP) is -0.496. The lowest BCUT2D eigenvalue weighted by molar-refractivity contribution is -0.935. The third-order valence-electron chi connectivity index (χ3n) is 4.61. The third-order valence-corrected chi connectivity index (χ3v) is 4.61. The molecule has 0 aromatic heterocycles. The summed E-state index contributed by atoms with van der Waals surface area (Å²) in [7, 11) is 0. The molecule has 1 aromatic rings. The van der Waals surface area contributed by atoms with Gasteiger partial charge in [-0.2, -0.15) is 0 Å². The van der Waals surface area contributed by atoms with Gasteiger partial charge in [0.15, 0.2) is 0 Å². The van der Waals surface area contributed by atoms with Gasteiger partial charge in [0, 0.05) is 5.56 Å². The zero-order chi connectivity index (χ0) is 11.7. The number of quaternary nitrogens is 1. The standard InChI is InChI=1S/C15H20NO.BrH/c17-15(14-4-2-1-3-5-14)12-16-9-6-13(7-10-16)8-11-16;/h1-5,13H,6-12H2;1H/q+1;/p-1. The lowest BCUT2D eigenvalue weighted by Crippen LogP contribution is -3.00. The summed E-state index contributed by atoms with van der Waals surface area (Å²) in [5, 5.41) is 0. The number of rotatable bonds is 3. The van der Waals surface area contributed by atoms with Crippen LogP contribution in [-0.2, 0) is 0 Å². The van der Waals surface area contributed by atoms with E-state index in [-0.39, 0.29) is 17.0 Å². The first-order valence-corrected chi connectivity index (χ1v) is 6.71.